The molecular weight excluding hydrogens is 288 g/mol. The second-order valence-electron chi connectivity index (χ2n) is 5.43. The first-order valence-corrected chi connectivity index (χ1v) is 7.59. The Morgan fingerprint density at radius 3 is 3.05 bits per heavy atom. The van der Waals surface area contributed by atoms with Crippen molar-refractivity contribution in [2.24, 2.45) is 0 Å². The van der Waals surface area contributed by atoms with E-state index >= 15 is 0 Å². The molecule has 0 spiro atoms. The number of nitrogens with one attached hydrogen (secondary N) is 1. The number of hydrogen-bond acceptors (Lipinski definition) is 5. The van der Waals surface area contributed by atoms with E-state index in [0.717, 1.165) is 17.9 Å². The molecule has 1 N–H and O–H groups in total. The zero-order valence-corrected chi connectivity index (χ0v) is 12.8. The summed E-state index contributed by atoms with van der Waals surface area (Å²) in [6.45, 7) is 2.07. The number of anilines is 1. The lowest BCUT2D eigenvalue weighted by Crippen LogP contribution is -2.40. The SMILES string of the molecule is CN1CCCCC1CNc1cc(-n2cnnn2)ccc1Cl. The monoisotopic (exact) mass is 306 g/mol. The van der Waals surface area contributed by atoms with Crippen LogP contribution in [0, 0.1) is 0 Å². The van der Waals surface area contributed by atoms with Crippen LogP contribution < -0.4 is 5.32 Å². The largest absolute Gasteiger partial charge is 0.382 e. The second kappa shape index (κ2) is 6.41. The van der Waals surface area contributed by atoms with Crippen LogP contribution in [-0.4, -0.2) is 51.3 Å². The highest BCUT2D eigenvalue weighted by Gasteiger charge is 2.18. The molecule has 1 unspecified atom stereocenters. The standard InChI is InChI=1S/C14H19ClN6/c1-20-7-3-2-4-12(20)9-16-14-8-11(5-6-13(14)15)21-10-17-18-19-21/h5-6,8,10,12,16H,2-4,7,9H2,1H3. The lowest BCUT2D eigenvalue weighted by molar-refractivity contribution is 0.194. The van der Waals surface area contributed by atoms with Crippen molar-refractivity contribution in [3.05, 3.63) is 29.5 Å². The fraction of sp³-hybridized carbons (Fsp3) is 0.500. The van der Waals surface area contributed by atoms with E-state index in [9.17, 15) is 0 Å². The zero-order chi connectivity index (χ0) is 14.7. The van der Waals surface area contributed by atoms with E-state index in [1.807, 2.05) is 18.2 Å². The third-order valence-electron chi connectivity index (χ3n) is 4.01. The molecule has 0 amide bonds. The summed E-state index contributed by atoms with van der Waals surface area (Å²) in [5.74, 6) is 0. The molecule has 3 rings (SSSR count). The summed E-state index contributed by atoms with van der Waals surface area (Å²) in [4.78, 5) is 2.41. The molecule has 2 aromatic rings. The van der Waals surface area contributed by atoms with Crippen molar-refractivity contribution in [1.29, 1.82) is 0 Å². The summed E-state index contributed by atoms with van der Waals surface area (Å²) in [6, 6.07) is 6.30. The van der Waals surface area contributed by atoms with Gasteiger partial charge in [-0.3, -0.25) is 0 Å². The minimum atomic E-state index is 0.562. The number of halogens is 1. The van der Waals surface area contributed by atoms with Crippen LogP contribution in [0.1, 0.15) is 19.3 Å². The Kier molecular flexibility index (Phi) is 4.36. The minimum absolute atomic E-state index is 0.562. The molecule has 1 atom stereocenters. The van der Waals surface area contributed by atoms with Crippen LogP contribution in [0.25, 0.3) is 5.69 Å². The average molecular weight is 307 g/mol. The van der Waals surface area contributed by atoms with E-state index in [2.05, 4.69) is 32.8 Å². The Labute approximate surface area is 129 Å². The average Bonchev–Trinajstić information content (AvgIpc) is 3.02. The quantitative estimate of drug-likeness (QED) is 0.938. The molecule has 0 aliphatic carbocycles. The number of nitrogens with zero attached hydrogens (tertiary/aromatic N) is 5. The molecule has 21 heavy (non-hydrogen) atoms. The summed E-state index contributed by atoms with van der Waals surface area (Å²) in [5, 5.41) is 15.4. The fourth-order valence-corrected chi connectivity index (χ4v) is 2.88. The van der Waals surface area contributed by atoms with Crippen LogP contribution in [0.2, 0.25) is 5.02 Å². The van der Waals surface area contributed by atoms with E-state index in [0.29, 0.717) is 11.1 Å². The van der Waals surface area contributed by atoms with Crippen LogP contribution in [0.3, 0.4) is 0 Å². The maximum Gasteiger partial charge on any atom is 0.143 e. The summed E-state index contributed by atoms with van der Waals surface area (Å²) < 4.78 is 1.62. The molecule has 2 heterocycles. The fourth-order valence-electron chi connectivity index (χ4n) is 2.70. The Morgan fingerprint density at radius 2 is 2.29 bits per heavy atom. The number of likely N-dealkylation sites (N-methyl/N-ethyl adjacent to an activating group) is 1. The summed E-state index contributed by atoms with van der Waals surface area (Å²) in [5.41, 5.74) is 1.81. The van der Waals surface area contributed by atoms with Gasteiger partial charge in [0.2, 0.25) is 0 Å². The summed E-state index contributed by atoms with van der Waals surface area (Å²) in [6.07, 6.45) is 5.40. The Bertz CT molecular complexity index is 585. The molecule has 1 saturated heterocycles. The number of aromatic nitrogens is 4. The van der Waals surface area contributed by atoms with Gasteiger partial charge >= 0.3 is 0 Å². The van der Waals surface area contributed by atoms with Gasteiger partial charge in [0.15, 0.2) is 0 Å². The van der Waals surface area contributed by atoms with Gasteiger partial charge in [-0.1, -0.05) is 18.0 Å². The highest BCUT2D eigenvalue weighted by atomic mass is 35.5. The lowest BCUT2D eigenvalue weighted by atomic mass is 10.0. The molecule has 6 nitrogen and oxygen atoms in total. The molecule has 0 radical (unpaired) electrons. The van der Waals surface area contributed by atoms with Gasteiger partial charge in [-0.15, -0.1) is 5.10 Å². The van der Waals surface area contributed by atoms with Crippen molar-refractivity contribution in [2.45, 2.75) is 25.3 Å². The van der Waals surface area contributed by atoms with Crippen molar-refractivity contribution in [3.8, 4) is 5.69 Å². The Balaban J connectivity index is 1.71. The minimum Gasteiger partial charge on any atom is -0.382 e. The van der Waals surface area contributed by atoms with Crippen molar-refractivity contribution in [3.63, 3.8) is 0 Å². The normalized spacial score (nSPS) is 19.6. The van der Waals surface area contributed by atoms with Gasteiger partial charge in [0.25, 0.3) is 0 Å². The van der Waals surface area contributed by atoms with Crippen molar-refractivity contribution in [1.82, 2.24) is 25.1 Å². The lowest BCUT2D eigenvalue weighted by Gasteiger charge is -2.32. The van der Waals surface area contributed by atoms with Crippen LogP contribution in [0.5, 0.6) is 0 Å². The van der Waals surface area contributed by atoms with Crippen LogP contribution in [-0.2, 0) is 0 Å². The molecule has 1 fully saturated rings. The van der Waals surface area contributed by atoms with Gasteiger partial charge in [0.1, 0.15) is 6.33 Å². The number of piperidine rings is 1. The van der Waals surface area contributed by atoms with Gasteiger partial charge in [0, 0.05) is 12.6 Å². The molecule has 1 aliphatic rings. The van der Waals surface area contributed by atoms with Gasteiger partial charge in [-0.05, 0) is 55.1 Å². The summed E-state index contributed by atoms with van der Waals surface area (Å²) >= 11 is 6.27. The predicted octanol–water partition coefficient (Wildman–Crippen LogP) is 2.21. The maximum atomic E-state index is 6.27. The van der Waals surface area contributed by atoms with Crippen molar-refractivity contribution < 1.29 is 0 Å². The second-order valence-corrected chi connectivity index (χ2v) is 5.84. The van der Waals surface area contributed by atoms with Gasteiger partial charge in [0.05, 0.1) is 16.4 Å². The third-order valence-corrected chi connectivity index (χ3v) is 4.34. The van der Waals surface area contributed by atoms with Crippen molar-refractivity contribution >= 4 is 17.3 Å². The maximum absolute atomic E-state index is 6.27. The molecule has 1 aliphatic heterocycles. The number of benzene rings is 1. The topological polar surface area (TPSA) is 58.9 Å². The Hall–Kier alpha value is -1.66. The molecule has 0 saturated carbocycles. The van der Waals surface area contributed by atoms with E-state index < -0.39 is 0 Å². The molecule has 1 aromatic heterocycles. The van der Waals surface area contributed by atoms with Gasteiger partial charge in [-0.2, -0.15) is 0 Å². The van der Waals surface area contributed by atoms with Crippen LogP contribution >= 0.6 is 11.6 Å². The molecule has 112 valence electrons. The van der Waals surface area contributed by atoms with E-state index in [4.69, 9.17) is 11.6 Å². The Morgan fingerprint density at radius 1 is 1.38 bits per heavy atom. The van der Waals surface area contributed by atoms with Crippen LogP contribution in [0.4, 0.5) is 5.69 Å². The highest BCUT2D eigenvalue weighted by molar-refractivity contribution is 6.33. The van der Waals surface area contributed by atoms with E-state index in [-0.39, 0.29) is 0 Å². The smallest absolute Gasteiger partial charge is 0.143 e. The van der Waals surface area contributed by atoms with Gasteiger partial charge in [-0.25, -0.2) is 4.68 Å². The molecule has 7 heteroatoms. The number of likely N-dealkylation sites (tertiary alicyclic amines) is 1. The molecule has 0 bridgehead atoms. The first kappa shape index (κ1) is 14.3. The first-order chi connectivity index (χ1) is 10.2. The van der Waals surface area contributed by atoms with Crippen LogP contribution in [0.15, 0.2) is 24.5 Å². The number of hydrogen-bond donors (Lipinski definition) is 1. The number of rotatable bonds is 4. The summed E-state index contributed by atoms with van der Waals surface area (Å²) in [7, 11) is 2.19. The molecular formula is C14H19ClN6. The first-order valence-electron chi connectivity index (χ1n) is 7.21. The molecule has 1 aromatic carbocycles. The van der Waals surface area contributed by atoms with Gasteiger partial charge < -0.3 is 10.2 Å². The van der Waals surface area contributed by atoms with Crippen molar-refractivity contribution in [2.75, 3.05) is 25.5 Å². The highest BCUT2D eigenvalue weighted by Crippen LogP contribution is 2.25. The zero-order valence-electron chi connectivity index (χ0n) is 12.0. The number of tetrazole rings is 1. The predicted molar refractivity (Wildman–Crippen MR) is 82.9 cm³/mol. The third kappa shape index (κ3) is 3.33. The van der Waals surface area contributed by atoms with E-state index in [1.165, 1.54) is 25.8 Å². The van der Waals surface area contributed by atoms with E-state index in [1.54, 1.807) is 11.0 Å².